The second-order valence-electron chi connectivity index (χ2n) is 5.93. The second-order valence-corrected chi connectivity index (χ2v) is 5.93. The number of carbonyl (C=O) groups excluding carboxylic acids is 1. The van der Waals surface area contributed by atoms with Crippen LogP contribution in [0, 0.1) is 0 Å². The topological polar surface area (TPSA) is 56.8 Å². The Balaban J connectivity index is 2.04. The zero-order chi connectivity index (χ0) is 18.8. The Hall–Kier alpha value is -2.69. The van der Waals surface area contributed by atoms with Crippen molar-refractivity contribution in [3.63, 3.8) is 0 Å². The van der Waals surface area contributed by atoms with Crippen LogP contribution in [0.15, 0.2) is 42.5 Å². The minimum atomic E-state index is -0.234. The van der Waals surface area contributed by atoms with Crippen molar-refractivity contribution >= 4 is 11.6 Å². The molecule has 0 atom stereocenters. The monoisotopic (exact) mass is 357 g/mol. The van der Waals surface area contributed by atoms with Gasteiger partial charge in [-0.3, -0.25) is 4.79 Å². The van der Waals surface area contributed by atoms with E-state index >= 15 is 0 Å². The summed E-state index contributed by atoms with van der Waals surface area (Å²) in [6.07, 6.45) is 4.56. The minimum Gasteiger partial charge on any atom is -0.495 e. The molecule has 0 saturated heterocycles. The highest BCUT2D eigenvalue weighted by atomic mass is 16.5. The molecule has 1 N–H and O–H groups in total. The Kier molecular flexibility index (Phi) is 7.80. The van der Waals surface area contributed by atoms with Gasteiger partial charge < -0.3 is 19.5 Å². The third kappa shape index (κ3) is 5.41. The van der Waals surface area contributed by atoms with Crippen LogP contribution in [0.4, 0.5) is 5.69 Å². The first kappa shape index (κ1) is 19.6. The van der Waals surface area contributed by atoms with Crippen molar-refractivity contribution in [2.24, 2.45) is 0 Å². The van der Waals surface area contributed by atoms with Crippen LogP contribution in [-0.2, 0) is 0 Å². The fourth-order valence-corrected chi connectivity index (χ4v) is 2.58. The van der Waals surface area contributed by atoms with Crippen molar-refractivity contribution in [2.45, 2.75) is 32.6 Å². The highest BCUT2D eigenvalue weighted by Gasteiger charge is 2.13. The number of hydrogen-bond acceptors (Lipinski definition) is 4. The Labute approximate surface area is 155 Å². The minimum absolute atomic E-state index is 0.234. The molecule has 0 fully saturated rings. The van der Waals surface area contributed by atoms with E-state index in [0.717, 1.165) is 12.8 Å². The van der Waals surface area contributed by atoms with E-state index in [1.165, 1.54) is 12.8 Å². The van der Waals surface area contributed by atoms with Gasteiger partial charge >= 0.3 is 0 Å². The van der Waals surface area contributed by atoms with Crippen molar-refractivity contribution in [1.82, 2.24) is 0 Å². The third-order valence-electron chi connectivity index (χ3n) is 4.04. The van der Waals surface area contributed by atoms with Gasteiger partial charge in [0, 0.05) is 5.56 Å². The summed E-state index contributed by atoms with van der Waals surface area (Å²) in [6.45, 7) is 2.82. The third-order valence-corrected chi connectivity index (χ3v) is 4.04. The van der Waals surface area contributed by atoms with Crippen molar-refractivity contribution in [2.75, 3.05) is 26.1 Å². The van der Waals surface area contributed by atoms with E-state index in [1.54, 1.807) is 44.6 Å². The van der Waals surface area contributed by atoms with E-state index < -0.39 is 0 Å². The number of carbonyl (C=O) groups is 1. The lowest BCUT2D eigenvalue weighted by molar-refractivity contribution is 0.102. The molecule has 140 valence electrons. The predicted octanol–water partition coefficient (Wildman–Crippen LogP) is 4.92. The number of benzene rings is 2. The number of rotatable bonds is 10. The smallest absolute Gasteiger partial charge is 0.255 e. The molecular formula is C21H27NO4. The fraction of sp³-hybridized carbons (Fsp3) is 0.381. The lowest BCUT2D eigenvalue weighted by Gasteiger charge is -2.13. The summed E-state index contributed by atoms with van der Waals surface area (Å²) in [5.41, 5.74) is 1.11. The number of methoxy groups -OCH3 is 2. The van der Waals surface area contributed by atoms with Gasteiger partial charge in [0.1, 0.15) is 5.75 Å². The second kappa shape index (κ2) is 10.3. The van der Waals surface area contributed by atoms with Crippen LogP contribution in [0.1, 0.15) is 43.0 Å². The first-order chi connectivity index (χ1) is 12.7. The van der Waals surface area contributed by atoms with Gasteiger partial charge in [-0.2, -0.15) is 0 Å². The van der Waals surface area contributed by atoms with E-state index in [0.29, 0.717) is 35.1 Å². The standard InChI is InChI=1S/C21H27NO4/c1-4-5-6-9-14-26-19-13-12-16(15-20(19)25-3)21(23)22-17-10-7-8-11-18(17)24-2/h7-8,10-13,15H,4-6,9,14H2,1-3H3,(H,22,23). The van der Waals surface area contributed by atoms with Gasteiger partial charge in [-0.25, -0.2) is 0 Å². The van der Waals surface area contributed by atoms with E-state index in [1.807, 2.05) is 12.1 Å². The molecule has 2 aromatic rings. The number of nitrogens with one attached hydrogen (secondary N) is 1. The van der Waals surface area contributed by atoms with E-state index in [-0.39, 0.29) is 5.91 Å². The van der Waals surface area contributed by atoms with Crippen LogP contribution >= 0.6 is 0 Å². The molecule has 0 saturated carbocycles. The number of ether oxygens (including phenoxy) is 3. The predicted molar refractivity (Wildman–Crippen MR) is 104 cm³/mol. The molecule has 26 heavy (non-hydrogen) atoms. The fourth-order valence-electron chi connectivity index (χ4n) is 2.58. The van der Waals surface area contributed by atoms with Crippen LogP contribution in [0.3, 0.4) is 0 Å². The summed E-state index contributed by atoms with van der Waals surface area (Å²) in [4.78, 5) is 12.5. The molecule has 2 rings (SSSR count). The maximum atomic E-state index is 12.5. The maximum absolute atomic E-state index is 12.5. The van der Waals surface area contributed by atoms with Crippen LogP contribution in [0.2, 0.25) is 0 Å². The zero-order valence-electron chi connectivity index (χ0n) is 15.7. The van der Waals surface area contributed by atoms with Crippen LogP contribution in [0.25, 0.3) is 0 Å². The average molecular weight is 357 g/mol. The van der Waals surface area contributed by atoms with Gasteiger partial charge in [0.25, 0.3) is 5.91 Å². The number of amides is 1. The summed E-state index contributed by atoms with van der Waals surface area (Å²) in [6, 6.07) is 12.5. The Morgan fingerprint density at radius 1 is 0.923 bits per heavy atom. The first-order valence-electron chi connectivity index (χ1n) is 8.94. The molecule has 2 aromatic carbocycles. The summed E-state index contributed by atoms with van der Waals surface area (Å²) < 4.78 is 16.4. The summed E-state index contributed by atoms with van der Waals surface area (Å²) in [5.74, 6) is 1.58. The number of unbranched alkanes of at least 4 members (excludes halogenated alkanes) is 3. The molecule has 0 aliphatic rings. The molecule has 0 heterocycles. The largest absolute Gasteiger partial charge is 0.495 e. The van der Waals surface area contributed by atoms with Crippen LogP contribution in [-0.4, -0.2) is 26.7 Å². The molecule has 0 unspecified atom stereocenters. The number of para-hydroxylation sites is 2. The van der Waals surface area contributed by atoms with Gasteiger partial charge in [-0.1, -0.05) is 38.3 Å². The van der Waals surface area contributed by atoms with E-state index in [4.69, 9.17) is 14.2 Å². The van der Waals surface area contributed by atoms with Gasteiger partial charge in [0.05, 0.1) is 26.5 Å². The van der Waals surface area contributed by atoms with Gasteiger partial charge in [-0.05, 0) is 36.8 Å². The summed E-state index contributed by atoms with van der Waals surface area (Å²) in [5, 5.41) is 2.85. The molecule has 0 aliphatic carbocycles. The Bertz CT molecular complexity index is 715. The highest BCUT2D eigenvalue weighted by Crippen LogP contribution is 2.29. The molecule has 0 spiro atoms. The quantitative estimate of drug-likeness (QED) is 0.614. The van der Waals surface area contributed by atoms with Gasteiger partial charge in [0.2, 0.25) is 0 Å². The highest BCUT2D eigenvalue weighted by molar-refractivity contribution is 6.05. The summed E-state index contributed by atoms with van der Waals surface area (Å²) in [7, 11) is 3.14. The normalized spacial score (nSPS) is 10.3. The Morgan fingerprint density at radius 2 is 1.69 bits per heavy atom. The van der Waals surface area contributed by atoms with E-state index in [2.05, 4.69) is 12.2 Å². The lowest BCUT2D eigenvalue weighted by Crippen LogP contribution is -2.13. The molecule has 1 amide bonds. The lowest BCUT2D eigenvalue weighted by atomic mass is 10.1. The molecule has 5 nitrogen and oxygen atoms in total. The summed E-state index contributed by atoms with van der Waals surface area (Å²) >= 11 is 0. The van der Waals surface area contributed by atoms with Crippen molar-refractivity contribution in [3.8, 4) is 17.2 Å². The maximum Gasteiger partial charge on any atom is 0.255 e. The molecular weight excluding hydrogens is 330 g/mol. The molecule has 0 aliphatic heterocycles. The van der Waals surface area contributed by atoms with Crippen molar-refractivity contribution < 1.29 is 19.0 Å². The number of anilines is 1. The molecule has 0 bridgehead atoms. The molecule has 0 radical (unpaired) electrons. The zero-order valence-corrected chi connectivity index (χ0v) is 15.7. The van der Waals surface area contributed by atoms with Crippen LogP contribution < -0.4 is 19.5 Å². The SMILES string of the molecule is CCCCCCOc1ccc(C(=O)Nc2ccccc2OC)cc1OC. The van der Waals surface area contributed by atoms with Crippen LogP contribution in [0.5, 0.6) is 17.2 Å². The number of hydrogen-bond donors (Lipinski definition) is 1. The van der Waals surface area contributed by atoms with Gasteiger partial charge in [-0.15, -0.1) is 0 Å². The van der Waals surface area contributed by atoms with E-state index in [9.17, 15) is 4.79 Å². The van der Waals surface area contributed by atoms with Crippen molar-refractivity contribution in [3.05, 3.63) is 48.0 Å². The van der Waals surface area contributed by atoms with Gasteiger partial charge in [0.15, 0.2) is 11.5 Å². The molecule has 0 aromatic heterocycles. The first-order valence-corrected chi connectivity index (χ1v) is 8.94. The Morgan fingerprint density at radius 3 is 2.42 bits per heavy atom. The molecule has 5 heteroatoms. The van der Waals surface area contributed by atoms with Crippen molar-refractivity contribution in [1.29, 1.82) is 0 Å². The average Bonchev–Trinajstić information content (AvgIpc) is 2.68.